The number of thioether (sulfide) groups is 1. The van der Waals surface area contributed by atoms with Crippen molar-refractivity contribution < 1.29 is 18.7 Å². The molecule has 26 heavy (non-hydrogen) atoms. The molecular weight excluding hydrogens is 421 g/mol. The summed E-state index contributed by atoms with van der Waals surface area (Å²) in [5.41, 5.74) is 2.92. The summed E-state index contributed by atoms with van der Waals surface area (Å²) < 4.78 is 18.8. The summed E-state index contributed by atoms with van der Waals surface area (Å²) in [5, 5.41) is 2.62. The van der Waals surface area contributed by atoms with Gasteiger partial charge < -0.3 is 10.1 Å². The Labute approximate surface area is 164 Å². The Hall–Kier alpha value is -1.86. The maximum atomic E-state index is 12.8. The standard InChI is InChI=1S/C19H19BrFNO3S/c1-12-8-17(13(2)7-16(12)20)26-11-19(24)25-10-18(23)22-9-14-3-5-15(21)6-4-14/h3-8H,9-11H2,1-2H3,(H,22,23). The maximum absolute atomic E-state index is 12.8. The van der Waals surface area contributed by atoms with Crippen molar-refractivity contribution in [2.24, 2.45) is 0 Å². The number of halogens is 2. The fourth-order valence-electron chi connectivity index (χ4n) is 2.09. The van der Waals surface area contributed by atoms with Crippen molar-refractivity contribution in [2.45, 2.75) is 25.3 Å². The summed E-state index contributed by atoms with van der Waals surface area (Å²) in [6.45, 7) is 3.87. The molecule has 138 valence electrons. The zero-order chi connectivity index (χ0) is 19.1. The van der Waals surface area contributed by atoms with Gasteiger partial charge in [-0.25, -0.2) is 4.39 Å². The SMILES string of the molecule is Cc1cc(SCC(=O)OCC(=O)NCc2ccc(F)cc2)c(C)cc1Br. The largest absolute Gasteiger partial charge is 0.455 e. The Kier molecular flexibility index (Phi) is 7.66. The van der Waals surface area contributed by atoms with Crippen LogP contribution in [-0.4, -0.2) is 24.2 Å². The molecule has 0 aliphatic heterocycles. The highest BCUT2D eigenvalue weighted by atomic mass is 79.9. The van der Waals surface area contributed by atoms with Gasteiger partial charge in [0.2, 0.25) is 0 Å². The minimum atomic E-state index is -0.452. The Morgan fingerprint density at radius 2 is 1.85 bits per heavy atom. The molecule has 2 aromatic rings. The summed E-state index contributed by atoms with van der Waals surface area (Å²) in [6, 6.07) is 9.83. The molecule has 0 saturated carbocycles. The quantitative estimate of drug-likeness (QED) is 0.519. The van der Waals surface area contributed by atoms with Gasteiger partial charge in [-0.05, 0) is 54.8 Å². The zero-order valence-corrected chi connectivity index (χ0v) is 16.9. The highest BCUT2D eigenvalue weighted by Crippen LogP contribution is 2.28. The van der Waals surface area contributed by atoms with Crippen LogP contribution in [0.5, 0.6) is 0 Å². The lowest BCUT2D eigenvalue weighted by molar-refractivity contribution is -0.145. The van der Waals surface area contributed by atoms with Crippen LogP contribution in [0, 0.1) is 19.7 Å². The Balaban J connectivity index is 1.72. The normalized spacial score (nSPS) is 10.5. The van der Waals surface area contributed by atoms with Crippen LogP contribution in [0.4, 0.5) is 4.39 Å². The average molecular weight is 440 g/mol. The molecule has 0 aliphatic rings. The maximum Gasteiger partial charge on any atom is 0.316 e. The molecule has 2 rings (SSSR count). The van der Waals surface area contributed by atoms with E-state index in [0.717, 1.165) is 26.1 Å². The van der Waals surface area contributed by atoms with Crippen molar-refractivity contribution in [1.29, 1.82) is 0 Å². The minimum Gasteiger partial charge on any atom is -0.455 e. The number of aryl methyl sites for hydroxylation is 2. The number of rotatable bonds is 7. The third kappa shape index (κ3) is 6.46. The van der Waals surface area contributed by atoms with Crippen LogP contribution in [0.1, 0.15) is 16.7 Å². The number of ether oxygens (including phenoxy) is 1. The second kappa shape index (κ2) is 9.73. The van der Waals surface area contributed by atoms with Crippen LogP contribution in [0.25, 0.3) is 0 Å². The summed E-state index contributed by atoms with van der Waals surface area (Å²) in [4.78, 5) is 24.5. The van der Waals surface area contributed by atoms with E-state index in [4.69, 9.17) is 4.74 Å². The number of carbonyl (C=O) groups is 2. The summed E-state index contributed by atoms with van der Waals surface area (Å²) >= 11 is 4.85. The molecular formula is C19H19BrFNO3S. The second-order valence-electron chi connectivity index (χ2n) is 5.72. The van der Waals surface area contributed by atoms with Crippen molar-refractivity contribution in [1.82, 2.24) is 5.32 Å². The first-order chi connectivity index (χ1) is 12.3. The molecule has 0 heterocycles. The molecule has 1 N–H and O–H groups in total. The van der Waals surface area contributed by atoms with Gasteiger partial charge in [0.05, 0.1) is 5.75 Å². The molecule has 4 nitrogen and oxygen atoms in total. The molecule has 7 heteroatoms. The lowest BCUT2D eigenvalue weighted by Crippen LogP contribution is -2.28. The van der Waals surface area contributed by atoms with E-state index in [2.05, 4.69) is 21.2 Å². The van der Waals surface area contributed by atoms with Crippen molar-refractivity contribution >= 4 is 39.6 Å². The van der Waals surface area contributed by atoms with Gasteiger partial charge in [-0.3, -0.25) is 9.59 Å². The molecule has 0 unspecified atom stereocenters. The first-order valence-corrected chi connectivity index (χ1v) is 9.69. The van der Waals surface area contributed by atoms with Crippen molar-refractivity contribution in [3.05, 3.63) is 63.4 Å². The Morgan fingerprint density at radius 1 is 1.15 bits per heavy atom. The molecule has 0 aromatic heterocycles. The van der Waals surface area contributed by atoms with Crippen LogP contribution in [0.3, 0.4) is 0 Å². The zero-order valence-electron chi connectivity index (χ0n) is 14.5. The van der Waals surface area contributed by atoms with E-state index in [0.29, 0.717) is 0 Å². The predicted octanol–water partition coefficient (Wildman–Crippen LogP) is 4.16. The highest BCUT2D eigenvalue weighted by molar-refractivity contribution is 9.10. The molecule has 2 aromatic carbocycles. The molecule has 1 amide bonds. The lowest BCUT2D eigenvalue weighted by atomic mass is 10.2. The van der Waals surface area contributed by atoms with E-state index in [9.17, 15) is 14.0 Å². The smallest absolute Gasteiger partial charge is 0.316 e. The van der Waals surface area contributed by atoms with Crippen LogP contribution in [0.15, 0.2) is 45.8 Å². The van der Waals surface area contributed by atoms with E-state index in [1.807, 2.05) is 26.0 Å². The third-order valence-corrected chi connectivity index (χ3v) is 5.55. The van der Waals surface area contributed by atoms with Crippen LogP contribution in [-0.2, 0) is 20.9 Å². The van der Waals surface area contributed by atoms with Gasteiger partial charge in [0, 0.05) is 15.9 Å². The summed E-state index contributed by atoms with van der Waals surface area (Å²) in [7, 11) is 0. The monoisotopic (exact) mass is 439 g/mol. The third-order valence-electron chi connectivity index (χ3n) is 3.57. The van der Waals surface area contributed by atoms with E-state index >= 15 is 0 Å². The van der Waals surface area contributed by atoms with Crippen molar-refractivity contribution in [3.8, 4) is 0 Å². The second-order valence-corrected chi connectivity index (χ2v) is 7.59. The molecule has 0 aliphatic carbocycles. The van der Waals surface area contributed by atoms with Gasteiger partial charge in [-0.1, -0.05) is 28.1 Å². The first-order valence-electron chi connectivity index (χ1n) is 7.91. The number of carbonyl (C=O) groups excluding carboxylic acids is 2. The Morgan fingerprint density at radius 3 is 2.54 bits per heavy atom. The van der Waals surface area contributed by atoms with Gasteiger partial charge in [-0.2, -0.15) is 0 Å². The summed E-state index contributed by atoms with van der Waals surface area (Å²) in [6.07, 6.45) is 0. The van der Waals surface area contributed by atoms with Gasteiger partial charge in [-0.15, -0.1) is 11.8 Å². The first kappa shape index (κ1) is 20.5. The van der Waals surface area contributed by atoms with E-state index in [1.165, 1.54) is 23.9 Å². The number of benzene rings is 2. The number of esters is 1. The van der Waals surface area contributed by atoms with Gasteiger partial charge in [0.1, 0.15) is 5.82 Å². The predicted molar refractivity (Wildman–Crippen MR) is 104 cm³/mol. The Bertz CT molecular complexity index is 796. The van der Waals surface area contributed by atoms with Crippen LogP contribution < -0.4 is 5.32 Å². The minimum absolute atomic E-state index is 0.132. The van der Waals surface area contributed by atoms with Crippen LogP contribution >= 0.6 is 27.7 Å². The molecule has 0 fully saturated rings. The van der Waals surface area contributed by atoms with E-state index in [1.54, 1.807) is 12.1 Å². The van der Waals surface area contributed by atoms with Crippen molar-refractivity contribution in [2.75, 3.05) is 12.4 Å². The molecule has 0 spiro atoms. The topological polar surface area (TPSA) is 55.4 Å². The molecule has 0 saturated heterocycles. The number of hydrogen-bond donors (Lipinski definition) is 1. The highest BCUT2D eigenvalue weighted by Gasteiger charge is 2.10. The fourth-order valence-corrected chi connectivity index (χ4v) is 3.45. The fraction of sp³-hybridized carbons (Fsp3) is 0.263. The van der Waals surface area contributed by atoms with E-state index < -0.39 is 11.9 Å². The number of amides is 1. The average Bonchev–Trinajstić information content (AvgIpc) is 2.61. The van der Waals surface area contributed by atoms with Crippen molar-refractivity contribution in [3.63, 3.8) is 0 Å². The molecule has 0 radical (unpaired) electrons. The summed E-state index contributed by atoms with van der Waals surface area (Å²) in [5.74, 6) is -1.05. The number of hydrogen-bond acceptors (Lipinski definition) is 4. The van der Waals surface area contributed by atoms with Crippen LogP contribution in [0.2, 0.25) is 0 Å². The lowest BCUT2D eigenvalue weighted by Gasteiger charge is -2.09. The van der Waals surface area contributed by atoms with Gasteiger partial charge in [0.15, 0.2) is 6.61 Å². The van der Waals surface area contributed by atoms with E-state index in [-0.39, 0.29) is 24.7 Å². The molecule has 0 atom stereocenters. The van der Waals surface area contributed by atoms with Gasteiger partial charge >= 0.3 is 5.97 Å². The molecule has 0 bridgehead atoms. The van der Waals surface area contributed by atoms with Gasteiger partial charge in [0.25, 0.3) is 5.91 Å². The number of nitrogens with one attached hydrogen (secondary N) is 1.